The van der Waals surface area contributed by atoms with Crippen molar-refractivity contribution in [1.82, 2.24) is 0 Å². The van der Waals surface area contributed by atoms with Gasteiger partial charge in [-0.3, -0.25) is 5.32 Å². The first-order valence-corrected chi connectivity index (χ1v) is 9.96. The minimum absolute atomic E-state index is 0.0312. The maximum absolute atomic E-state index is 12.5. The van der Waals surface area contributed by atoms with Gasteiger partial charge in [-0.2, -0.15) is 13.2 Å². The van der Waals surface area contributed by atoms with E-state index in [9.17, 15) is 26.4 Å². The van der Waals surface area contributed by atoms with Gasteiger partial charge in [0.15, 0.2) is 9.84 Å². The second-order valence-corrected chi connectivity index (χ2v) is 9.25. The van der Waals surface area contributed by atoms with E-state index in [1.54, 1.807) is 0 Å². The molecule has 0 aliphatic rings. The molecule has 1 N–H and O–H groups in total. The number of carbonyl (C=O) groups is 1. The highest BCUT2D eigenvalue weighted by atomic mass is 35.5. The highest BCUT2D eigenvalue weighted by molar-refractivity contribution is 7.92. The molecule has 0 aliphatic heterocycles. The molecule has 0 bridgehead atoms. The molecule has 142 valence electrons. The maximum atomic E-state index is 12.5. The van der Waals surface area contributed by atoms with Crippen LogP contribution in [0, 0.1) is 0 Å². The van der Waals surface area contributed by atoms with Crippen molar-refractivity contribution in [2.45, 2.75) is 30.2 Å². The molecule has 0 spiro atoms. The number of thiophene rings is 1. The third kappa shape index (κ3) is 4.49. The minimum Gasteiger partial charge on any atom is -0.298 e. The Morgan fingerprint density at radius 1 is 1.23 bits per heavy atom. The first kappa shape index (κ1) is 20.5. The monoisotopic (exact) mass is 426 g/mol. The molecule has 0 saturated carbocycles. The van der Waals surface area contributed by atoms with Crippen molar-refractivity contribution in [3.8, 4) is 0 Å². The third-order valence-electron chi connectivity index (χ3n) is 3.35. The number of amides is 2. The lowest BCUT2D eigenvalue weighted by Gasteiger charge is -2.15. The molecule has 2 rings (SSSR count). The van der Waals surface area contributed by atoms with Gasteiger partial charge in [-0.1, -0.05) is 0 Å². The van der Waals surface area contributed by atoms with Crippen LogP contribution in [0.25, 0.3) is 0 Å². The van der Waals surface area contributed by atoms with Crippen LogP contribution in [0.1, 0.15) is 19.4 Å². The number of urea groups is 1. The van der Waals surface area contributed by atoms with Gasteiger partial charge in [0.2, 0.25) is 0 Å². The van der Waals surface area contributed by atoms with Gasteiger partial charge >= 0.3 is 12.2 Å². The van der Waals surface area contributed by atoms with E-state index in [4.69, 9.17) is 11.8 Å². The number of hydrogen-bond donors (Lipinski definition) is 1. The fraction of sp³-hybridized carbons (Fsp3) is 0.267. The van der Waals surface area contributed by atoms with Crippen LogP contribution in [0.3, 0.4) is 0 Å². The SMILES string of the molecule is CC(C)S(=O)(=O)c1csc(NC(=O)N(Cl)c2ccc(C(F)(F)F)cc2)c1. The number of benzene rings is 1. The van der Waals surface area contributed by atoms with Crippen LogP contribution in [0.2, 0.25) is 0 Å². The van der Waals surface area contributed by atoms with Gasteiger partial charge in [-0.05, 0) is 44.2 Å². The number of rotatable bonds is 4. The Hall–Kier alpha value is -1.78. The molecule has 0 fully saturated rings. The van der Waals surface area contributed by atoms with Gasteiger partial charge in [-0.15, -0.1) is 11.3 Å². The Morgan fingerprint density at radius 2 is 1.81 bits per heavy atom. The number of nitrogens with zero attached hydrogens (tertiary/aromatic N) is 1. The summed E-state index contributed by atoms with van der Waals surface area (Å²) in [5.74, 6) is 0. The Balaban J connectivity index is 2.12. The largest absolute Gasteiger partial charge is 0.416 e. The molecule has 0 atom stereocenters. The van der Waals surface area contributed by atoms with Crippen LogP contribution in [0.15, 0.2) is 40.6 Å². The molecule has 1 aromatic carbocycles. The van der Waals surface area contributed by atoms with Crippen LogP contribution >= 0.6 is 23.1 Å². The molecule has 1 aromatic heterocycles. The van der Waals surface area contributed by atoms with E-state index in [-0.39, 0.29) is 15.6 Å². The van der Waals surface area contributed by atoms with Crippen molar-refractivity contribution < 1.29 is 26.4 Å². The molecule has 26 heavy (non-hydrogen) atoms. The van der Waals surface area contributed by atoms with Gasteiger partial charge in [-0.25, -0.2) is 17.6 Å². The molecular weight excluding hydrogens is 413 g/mol. The summed E-state index contributed by atoms with van der Waals surface area (Å²) in [7, 11) is -3.48. The van der Waals surface area contributed by atoms with E-state index in [0.717, 1.165) is 35.6 Å². The lowest BCUT2D eigenvalue weighted by atomic mass is 10.2. The minimum atomic E-state index is -4.49. The molecular formula is C15H14ClF3N2O3S2. The number of sulfone groups is 1. The number of nitrogens with one attached hydrogen (secondary N) is 1. The second kappa shape index (κ2) is 7.45. The number of hydrogen-bond acceptors (Lipinski definition) is 4. The van der Waals surface area contributed by atoms with Crippen molar-refractivity contribution >= 4 is 49.7 Å². The van der Waals surface area contributed by atoms with Crippen molar-refractivity contribution in [3.05, 3.63) is 41.3 Å². The maximum Gasteiger partial charge on any atom is 0.416 e. The van der Waals surface area contributed by atoms with E-state index < -0.39 is 32.9 Å². The van der Waals surface area contributed by atoms with Gasteiger partial charge in [0, 0.05) is 17.2 Å². The smallest absolute Gasteiger partial charge is 0.298 e. The third-order valence-corrected chi connectivity index (χ3v) is 6.83. The summed E-state index contributed by atoms with van der Waals surface area (Å²) in [5, 5.41) is 3.42. The molecule has 5 nitrogen and oxygen atoms in total. The van der Waals surface area contributed by atoms with E-state index >= 15 is 0 Å². The summed E-state index contributed by atoms with van der Waals surface area (Å²) in [6.45, 7) is 3.08. The Labute approximate surface area is 157 Å². The molecule has 11 heteroatoms. The van der Waals surface area contributed by atoms with Crippen LogP contribution in [-0.2, 0) is 16.0 Å². The zero-order chi connectivity index (χ0) is 19.7. The topological polar surface area (TPSA) is 66.5 Å². The van der Waals surface area contributed by atoms with Crippen molar-refractivity contribution in [2.75, 3.05) is 9.74 Å². The lowest BCUT2D eigenvalue weighted by molar-refractivity contribution is -0.137. The molecule has 0 saturated heterocycles. The van der Waals surface area contributed by atoms with Gasteiger partial charge < -0.3 is 0 Å². The van der Waals surface area contributed by atoms with Gasteiger partial charge in [0.25, 0.3) is 0 Å². The number of alkyl halides is 3. The quantitative estimate of drug-likeness (QED) is 0.688. The molecule has 1 heterocycles. The van der Waals surface area contributed by atoms with E-state index in [2.05, 4.69) is 5.32 Å². The molecule has 2 amide bonds. The van der Waals surface area contributed by atoms with Crippen LogP contribution in [0.4, 0.5) is 28.7 Å². The Bertz CT molecular complexity index is 894. The second-order valence-electron chi connectivity index (χ2n) is 5.50. The summed E-state index contributed by atoms with van der Waals surface area (Å²) >= 11 is 6.84. The fourth-order valence-corrected chi connectivity index (χ4v) is 4.25. The highest BCUT2D eigenvalue weighted by Gasteiger charge is 2.30. The lowest BCUT2D eigenvalue weighted by Crippen LogP contribution is -2.26. The van der Waals surface area contributed by atoms with Gasteiger partial charge in [0.05, 0.1) is 26.4 Å². The van der Waals surface area contributed by atoms with Crippen LogP contribution in [-0.4, -0.2) is 19.7 Å². The molecule has 0 aliphatic carbocycles. The summed E-state index contributed by atoms with van der Waals surface area (Å²) < 4.78 is 62.4. The number of anilines is 2. The number of carbonyl (C=O) groups excluding carboxylic acids is 1. The van der Waals surface area contributed by atoms with Crippen molar-refractivity contribution in [2.24, 2.45) is 0 Å². The van der Waals surface area contributed by atoms with Crippen molar-refractivity contribution in [3.63, 3.8) is 0 Å². The standard InChI is InChI=1S/C15H14ClF3N2O3S2/c1-9(2)26(23,24)12-7-13(25-8-12)20-14(22)21(16)11-5-3-10(4-6-11)15(17,18)19/h3-9H,1-2H3,(H,20,22). The highest BCUT2D eigenvalue weighted by Crippen LogP contribution is 2.31. The van der Waals surface area contributed by atoms with Crippen LogP contribution < -0.4 is 9.74 Å². The fourth-order valence-electron chi connectivity index (χ4n) is 1.86. The first-order valence-electron chi connectivity index (χ1n) is 7.19. The summed E-state index contributed by atoms with van der Waals surface area (Å²) in [5.41, 5.74) is -0.836. The molecule has 0 unspecified atom stereocenters. The average Bonchev–Trinajstić information content (AvgIpc) is 3.02. The zero-order valence-electron chi connectivity index (χ0n) is 13.5. The van der Waals surface area contributed by atoms with Crippen LogP contribution in [0.5, 0.6) is 0 Å². The predicted molar refractivity (Wildman–Crippen MR) is 95.4 cm³/mol. The molecule has 2 aromatic rings. The van der Waals surface area contributed by atoms with Crippen molar-refractivity contribution in [1.29, 1.82) is 0 Å². The Morgan fingerprint density at radius 3 is 2.31 bits per heavy atom. The summed E-state index contributed by atoms with van der Waals surface area (Å²) in [4.78, 5) is 12.2. The normalized spacial score (nSPS) is 12.3. The average molecular weight is 427 g/mol. The zero-order valence-corrected chi connectivity index (χ0v) is 15.9. The van der Waals surface area contributed by atoms with E-state index in [0.29, 0.717) is 4.42 Å². The Kier molecular flexibility index (Phi) is 5.89. The predicted octanol–water partition coefficient (Wildman–Crippen LogP) is 5.14. The summed E-state index contributed by atoms with van der Waals surface area (Å²) in [6.07, 6.45) is -4.49. The number of halogens is 4. The molecule has 0 radical (unpaired) electrons. The van der Waals surface area contributed by atoms with E-state index in [1.165, 1.54) is 25.3 Å². The van der Waals surface area contributed by atoms with E-state index in [1.807, 2.05) is 0 Å². The summed E-state index contributed by atoms with van der Waals surface area (Å²) in [6, 6.07) is 4.18. The first-order chi connectivity index (χ1) is 11.9. The van der Waals surface area contributed by atoms with Gasteiger partial charge in [0.1, 0.15) is 0 Å².